The van der Waals surface area contributed by atoms with Gasteiger partial charge in [0.1, 0.15) is 11.4 Å². The number of ether oxygens (including phenoxy) is 2. The van der Waals surface area contributed by atoms with E-state index in [1.54, 1.807) is 0 Å². The van der Waals surface area contributed by atoms with Gasteiger partial charge in [-0.3, -0.25) is 10.1 Å². The minimum Gasteiger partial charge on any atom is -0.436 e. The first-order valence-electron chi connectivity index (χ1n) is 10.4. The van der Waals surface area contributed by atoms with Gasteiger partial charge < -0.3 is 20.1 Å². The number of amides is 2. The lowest BCUT2D eigenvalue weighted by Crippen LogP contribution is -2.53. The van der Waals surface area contributed by atoms with Crippen molar-refractivity contribution in [1.29, 1.82) is 0 Å². The first kappa shape index (κ1) is 22.3. The highest BCUT2D eigenvalue weighted by Gasteiger charge is 2.48. The number of carbonyl (C=O) groups excluding carboxylic acids is 2. The van der Waals surface area contributed by atoms with E-state index in [1.165, 1.54) is 27.9 Å². The molecule has 11 heteroatoms. The SMILES string of the molecule is CC(C)OCCn1ncc(C(=O)N2CCC[C@@]3(C2)OC(=O)Nc2ccc(Cl)c(F)c23)c1N. The molecule has 0 radical (unpaired) electrons. The minimum atomic E-state index is -1.34. The lowest BCUT2D eigenvalue weighted by Gasteiger charge is -2.45. The normalized spacial score (nSPS) is 20.3. The fourth-order valence-electron chi connectivity index (χ4n) is 4.23. The van der Waals surface area contributed by atoms with Gasteiger partial charge in [-0.1, -0.05) is 11.6 Å². The number of nitrogens with two attached hydrogens (primary N) is 1. The third kappa shape index (κ3) is 4.00. The molecule has 172 valence electrons. The van der Waals surface area contributed by atoms with Gasteiger partial charge in [0.15, 0.2) is 11.4 Å². The molecular formula is C21H25ClFN5O4. The second-order valence-corrected chi connectivity index (χ2v) is 8.62. The van der Waals surface area contributed by atoms with Gasteiger partial charge in [-0.2, -0.15) is 5.10 Å². The van der Waals surface area contributed by atoms with Crippen LogP contribution in [0.4, 0.5) is 20.7 Å². The zero-order valence-electron chi connectivity index (χ0n) is 17.9. The van der Waals surface area contributed by atoms with Gasteiger partial charge in [-0.15, -0.1) is 0 Å². The van der Waals surface area contributed by atoms with Crippen molar-refractivity contribution in [3.8, 4) is 0 Å². The van der Waals surface area contributed by atoms with Crippen LogP contribution in [-0.2, 0) is 21.6 Å². The zero-order valence-corrected chi connectivity index (χ0v) is 18.6. The summed E-state index contributed by atoms with van der Waals surface area (Å²) in [5, 5.41) is 6.62. The van der Waals surface area contributed by atoms with Gasteiger partial charge in [-0.25, -0.2) is 13.9 Å². The molecule has 2 aromatic rings. The molecule has 9 nitrogen and oxygen atoms in total. The summed E-state index contributed by atoms with van der Waals surface area (Å²) in [4.78, 5) is 27.0. The Balaban J connectivity index is 1.59. The number of nitrogens with zero attached hydrogens (tertiary/aromatic N) is 3. The lowest BCUT2D eigenvalue weighted by atomic mass is 9.83. The summed E-state index contributed by atoms with van der Waals surface area (Å²) >= 11 is 6.00. The highest BCUT2D eigenvalue weighted by molar-refractivity contribution is 6.31. The quantitative estimate of drug-likeness (QED) is 0.700. The van der Waals surface area contributed by atoms with E-state index >= 15 is 4.39 Å². The van der Waals surface area contributed by atoms with Gasteiger partial charge in [0, 0.05) is 6.54 Å². The van der Waals surface area contributed by atoms with Crippen LogP contribution in [0.5, 0.6) is 0 Å². The zero-order chi connectivity index (χ0) is 23.0. The van der Waals surface area contributed by atoms with Crippen LogP contribution in [0.25, 0.3) is 0 Å². The second-order valence-electron chi connectivity index (χ2n) is 8.21. The van der Waals surface area contributed by atoms with Crippen LogP contribution >= 0.6 is 11.6 Å². The first-order chi connectivity index (χ1) is 15.2. The Morgan fingerprint density at radius 1 is 1.47 bits per heavy atom. The maximum absolute atomic E-state index is 15.0. The van der Waals surface area contributed by atoms with E-state index in [4.69, 9.17) is 26.8 Å². The van der Waals surface area contributed by atoms with E-state index in [1.807, 2.05) is 13.8 Å². The smallest absolute Gasteiger partial charge is 0.412 e. The number of likely N-dealkylation sites (tertiary alicyclic amines) is 1. The van der Waals surface area contributed by atoms with Crippen molar-refractivity contribution in [2.24, 2.45) is 0 Å². The Bertz CT molecular complexity index is 1060. The number of piperidine rings is 1. The first-order valence-corrected chi connectivity index (χ1v) is 10.8. The summed E-state index contributed by atoms with van der Waals surface area (Å²) < 4.78 is 27.6. The molecule has 3 N–H and O–H groups in total. The number of nitrogens with one attached hydrogen (secondary N) is 1. The number of carbonyl (C=O) groups is 2. The van der Waals surface area contributed by atoms with Crippen molar-refractivity contribution >= 4 is 35.1 Å². The molecule has 4 rings (SSSR count). The maximum Gasteiger partial charge on any atom is 0.412 e. The van der Waals surface area contributed by atoms with Gasteiger partial charge in [0.2, 0.25) is 0 Å². The van der Waals surface area contributed by atoms with Gasteiger partial charge in [0.25, 0.3) is 5.91 Å². The van der Waals surface area contributed by atoms with E-state index in [2.05, 4.69) is 10.4 Å². The number of aromatic nitrogens is 2. The average Bonchev–Trinajstić information content (AvgIpc) is 3.10. The Labute approximate surface area is 189 Å². The summed E-state index contributed by atoms with van der Waals surface area (Å²) in [5.74, 6) is -0.814. The average molecular weight is 466 g/mol. The van der Waals surface area contributed by atoms with E-state index < -0.39 is 17.5 Å². The lowest BCUT2D eigenvalue weighted by molar-refractivity contribution is -0.0418. The van der Waals surface area contributed by atoms with Crippen molar-refractivity contribution in [2.45, 2.75) is 44.9 Å². The van der Waals surface area contributed by atoms with Crippen LogP contribution in [0.3, 0.4) is 0 Å². The van der Waals surface area contributed by atoms with Crippen molar-refractivity contribution in [3.63, 3.8) is 0 Å². The molecule has 0 bridgehead atoms. The number of benzene rings is 1. The second kappa shape index (κ2) is 8.59. The fraction of sp³-hybridized carbons (Fsp3) is 0.476. The molecule has 1 atom stereocenters. The van der Waals surface area contributed by atoms with Gasteiger partial charge in [-0.05, 0) is 38.8 Å². The van der Waals surface area contributed by atoms with E-state index in [9.17, 15) is 9.59 Å². The van der Waals surface area contributed by atoms with Crippen LogP contribution in [0.2, 0.25) is 5.02 Å². The molecule has 1 fully saturated rings. The molecule has 0 saturated carbocycles. The molecular weight excluding hydrogens is 441 g/mol. The third-order valence-electron chi connectivity index (χ3n) is 5.68. The number of anilines is 2. The maximum atomic E-state index is 15.0. The number of halogens is 2. The van der Waals surface area contributed by atoms with E-state index in [-0.39, 0.29) is 46.2 Å². The molecule has 1 spiro atoms. The highest BCUT2D eigenvalue weighted by atomic mass is 35.5. The Hall–Kier alpha value is -2.85. The number of hydrogen-bond acceptors (Lipinski definition) is 6. The summed E-state index contributed by atoms with van der Waals surface area (Å²) in [7, 11) is 0. The minimum absolute atomic E-state index is 0.0232. The van der Waals surface area contributed by atoms with E-state index in [0.717, 1.165) is 0 Å². The molecule has 2 aliphatic heterocycles. The van der Waals surface area contributed by atoms with Crippen molar-refractivity contribution in [2.75, 3.05) is 30.7 Å². The number of fused-ring (bicyclic) bond motifs is 2. The molecule has 1 aromatic heterocycles. The van der Waals surface area contributed by atoms with Crippen molar-refractivity contribution in [3.05, 3.63) is 40.3 Å². The van der Waals surface area contributed by atoms with Crippen LogP contribution < -0.4 is 11.1 Å². The van der Waals surface area contributed by atoms with E-state index in [0.29, 0.717) is 32.5 Å². The van der Waals surface area contributed by atoms with Crippen LogP contribution in [0.15, 0.2) is 18.3 Å². The highest BCUT2D eigenvalue weighted by Crippen LogP contribution is 2.45. The van der Waals surface area contributed by atoms with Crippen molar-refractivity contribution < 1.29 is 23.5 Å². The molecule has 1 aromatic carbocycles. The van der Waals surface area contributed by atoms with Crippen LogP contribution in [0, 0.1) is 5.82 Å². The molecule has 32 heavy (non-hydrogen) atoms. The predicted molar refractivity (Wildman–Crippen MR) is 116 cm³/mol. The molecule has 0 aliphatic carbocycles. The Kier molecular flexibility index (Phi) is 6.00. The number of hydrogen-bond donors (Lipinski definition) is 2. The van der Waals surface area contributed by atoms with Gasteiger partial charge >= 0.3 is 6.09 Å². The van der Waals surface area contributed by atoms with Crippen LogP contribution in [0.1, 0.15) is 42.6 Å². The largest absolute Gasteiger partial charge is 0.436 e. The van der Waals surface area contributed by atoms with Crippen LogP contribution in [-0.4, -0.2) is 52.5 Å². The number of rotatable bonds is 5. The third-order valence-corrected chi connectivity index (χ3v) is 5.97. The van der Waals surface area contributed by atoms with Gasteiger partial charge in [0.05, 0.1) is 48.3 Å². The molecule has 3 heterocycles. The Morgan fingerprint density at radius 2 is 2.25 bits per heavy atom. The Morgan fingerprint density at radius 3 is 3.00 bits per heavy atom. The molecule has 0 unspecified atom stereocenters. The summed E-state index contributed by atoms with van der Waals surface area (Å²) in [6.07, 6.45) is 1.64. The summed E-state index contributed by atoms with van der Waals surface area (Å²) in [6, 6.07) is 2.91. The summed E-state index contributed by atoms with van der Waals surface area (Å²) in [5.41, 5.74) is 5.50. The van der Waals surface area contributed by atoms with Crippen molar-refractivity contribution in [1.82, 2.24) is 14.7 Å². The molecule has 2 amide bonds. The molecule has 2 aliphatic rings. The molecule has 1 saturated heterocycles. The predicted octanol–water partition coefficient (Wildman–Crippen LogP) is 3.38. The number of nitrogen functional groups attached to an aromatic ring is 1. The standard InChI is InChI=1S/C21H25ClFN5O4/c1-12(2)31-9-8-28-18(24)13(10-25-28)19(29)27-7-3-6-21(11-27)16-15(26-20(30)32-21)5-4-14(22)17(16)23/h4-5,10,12H,3,6-9,11,24H2,1-2H3,(H,26,30)/t21-/m0/s1. The monoisotopic (exact) mass is 465 g/mol. The summed E-state index contributed by atoms with van der Waals surface area (Å²) in [6.45, 7) is 5.05. The topological polar surface area (TPSA) is 112 Å². The fourth-order valence-corrected chi connectivity index (χ4v) is 4.39.